The summed E-state index contributed by atoms with van der Waals surface area (Å²) in [5.74, 6) is -0.479. The monoisotopic (exact) mass is 259 g/mol. The van der Waals surface area contributed by atoms with E-state index in [2.05, 4.69) is 14.8 Å². The lowest BCUT2D eigenvalue weighted by Gasteiger charge is -2.05. The highest BCUT2D eigenvalue weighted by Crippen LogP contribution is 2.07. The topological polar surface area (TPSA) is 74.1 Å². The van der Waals surface area contributed by atoms with Crippen LogP contribution in [0.25, 0.3) is 0 Å². The number of carbonyl (C=O) groups excluding carboxylic acids is 2. The first-order chi connectivity index (χ1) is 9.13. The molecule has 98 valence electrons. The molecule has 0 aliphatic rings. The molecule has 0 amide bonds. The number of pyridine rings is 1. The van der Waals surface area contributed by atoms with Gasteiger partial charge in [-0.15, -0.1) is 0 Å². The third-order valence-corrected chi connectivity index (χ3v) is 2.63. The van der Waals surface area contributed by atoms with E-state index in [1.165, 1.54) is 7.11 Å². The van der Waals surface area contributed by atoms with E-state index < -0.39 is 5.97 Å². The number of esters is 1. The van der Waals surface area contributed by atoms with Gasteiger partial charge in [0.05, 0.1) is 19.3 Å². The van der Waals surface area contributed by atoms with E-state index in [1.54, 1.807) is 28.9 Å². The van der Waals surface area contributed by atoms with Crippen LogP contribution in [0.1, 0.15) is 32.4 Å². The average molecular weight is 259 g/mol. The fourth-order valence-electron chi connectivity index (χ4n) is 1.69. The molecule has 0 bridgehead atoms. The third-order valence-electron chi connectivity index (χ3n) is 2.63. The highest BCUT2D eigenvalue weighted by molar-refractivity contribution is 5.87. The van der Waals surface area contributed by atoms with Gasteiger partial charge in [-0.05, 0) is 25.1 Å². The van der Waals surface area contributed by atoms with Crippen molar-refractivity contribution < 1.29 is 14.3 Å². The molecule has 0 radical (unpaired) electrons. The number of rotatable bonds is 4. The minimum atomic E-state index is -0.479. The Morgan fingerprint density at radius 3 is 2.89 bits per heavy atom. The zero-order valence-corrected chi connectivity index (χ0v) is 10.7. The number of aldehydes is 1. The molecule has 19 heavy (non-hydrogen) atoms. The molecule has 2 heterocycles. The predicted molar refractivity (Wildman–Crippen MR) is 67.0 cm³/mol. The average Bonchev–Trinajstić information content (AvgIpc) is 2.79. The second-order valence-electron chi connectivity index (χ2n) is 3.99. The summed E-state index contributed by atoms with van der Waals surface area (Å²) in [6.45, 7) is 2.24. The van der Waals surface area contributed by atoms with Crippen LogP contribution in [0.3, 0.4) is 0 Å². The molecule has 2 rings (SSSR count). The minimum Gasteiger partial charge on any atom is -0.464 e. The summed E-state index contributed by atoms with van der Waals surface area (Å²) >= 11 is 0. The predicted octanol–water partition coefficient (Wildman–Crippen LogP) is 1.23. The van der Waals surface area contributed by atoms with Crippen LogP contribution in [-0.2, 0) is 11.3 Å². The van der Waals surface area contributed by atoms with Crippen molar-refractivity contribution in [2.45, 2.75) is 13.5 Å². The standard InChI is InChI=1S/C13H13N3O3/c1-9-6-11(8-17)15-16(9)7-10-4-3-5-12(14-10)13(18)19-2/h3-6,8H,7H2,1-2H3. The van der Waals surface area contributed by atoms with Crippen molar-refractivity contribution in [3.8, 4) is 0 Å². The molecule has 0 aliphatic carbocycles. The number of hydrogen-bond donors (Lipinski definition) is 0. The zero-order valence-electron chi connectivity index (χ0n) is 10.7. The fourth-order valence-corrected chi connectivity index (χ4v) is 1.69. The van der Waals surface area contributed by atoms with Crippen LogP contribution in [-0.4, -0.2) is 34.1 Å². The summed E-state index contributed by atoms with van der Waals surface area (Å²) in [6.07, 6.45) is 0.696. The number of ether oxygens (including phenoxy) is 1. The molecule has 0 saturated heterocycles. The van der Waals surface area contributed by atoms with Crippen LogP contribution < -0.4 is 0 Å². The number of carbonyl (C=O) groups is 2. The van der Waals surface area contributed by atoms with E-state index >= 15 is 0 Å². The lowest BCUT2D eigenvalue weighted by Crippen LogP contribution is -2.10. The molecular weight excluding hydrogens is 246 g/mol. The van der Waals surface area contributed by atoms with Crippen LogP contribution in [0, 0.1) is 6.92 Å². The van der Waals surface area contributed by atoms with Gasteiger partial charge in [-0.1, -0.05) is 6.07 Å². The number of methoxy groups -OCH3 is 1. The van der Waals surface area contributed by atoms with Gasteiger partial charge < -0.3 is 4.74 Å². The Hall–Kier alpha value is -2.50. The first-order valence-electron chi connectivity index (χ1n) is 5.68. The maximum absolute atomic E-state index is 11.4. The van der Waals surface area contributed by atoms with Crippen LogP contribution >= 0.6 is 0 Å². The Balaban J connectivity index is 2.25. The lowest BCUT2D eigenvalue weighted by molar-refractivity contribution is 0.0593. The van der Waals surface area contributed by atoms with Crippen molar-refractivity contribution in [2.75, 3.05) is 7.11 Å². The molecule has 0 aromatic carbocycles. The molecule has 2 aromatic rings. The van der Waals surface area contributed by atoms with Crippen LogP contribution in [0.4, 0.5) is 0 Å². The molecular formula is C13H13N3O3. The van der Waals surface area contributed by atoms with Gasteiger partial charge >= 0.3 is 5.97 Å². The number of aromatic nitrogens is 3. The molecule has 2 aromatic heterocycles. The lowest BCUT2D eigenvalue weighted by atomic mass is 10.3. The quantitative estimate of drug-likeness (QED) is 0.610. The smallest absolute Gasteiger partial charge is 0.356 e. The molecule has 0 atom stereocenters. The van der Waals surface area contributed by atoms with E-state index in [9.17, 15) is 9.59 Å². The van der Waals surface area contributed by atoms with Crippen molar-refractivity contribution in [1.82, 2.24) is 14.8 Å². The summed E-state index contributed by atoms with van der Waals surface area (Å²) in [6, 6.07) is 6.79. The Morgan fingerprint density at radius 2 is 2.26 bits per heavy atom. The second kappa shape index (κ2) is 5.43. The van der Waals surface area contributed by atoms with Crippen LogP contribution in [0.2, 0.25) is 0 Å². The van der Waals surface area contributed by atoms with E-state index in [0.717, 1.165) is 5.69 Å². The highest BCUT2D eigenvalue weighted by Gasteiger charge is 2.09. The van der Waals surface area contributed by atoms with Gasteiger partial charge in [0.15, 0.2) is 6.29 Å². The highest BCUT2D eigenvalue weighted by atomic mass is 16.5. The van der Waals surface area contributed by atoms with Crippen molar-refractivity contribution in [1.29, 1.82) is 0 Å². The van der Waals surface area contributed by atoms with Crippen molar-refractivity contribution in [3.05, 3.63) is 47.0 Å². The Bertz CT molecular complexity index is 619. The normalized spacial score (nSPS) is 10.2. The summed E-state index contributed by atoms with van der Waals surface area (Å²) in [5.41, 5.74) is 2.15. The third kappa shape index (κ3) is 2.85. The van der Waals surface area contributed by atoms with Crippen LogP contribution in [0.5, 0.6) is 0 Å². The summed E-state index contributed by atoms with van der Waals surface area (Å²) in [5, 5.41) is 4.11. The molecule has 0 fully saturated rings. The van der Waals surface area contributed by atoms with E-state index in [1.807, 2.05) is 6.92 Å². The zero-order chi connectivity index (χ0) is 13.8. The molecule has 0 aliphatic heterocycles. The largest absolute Gasteiger partial charge is 0.464 e. The van der Waals surface area contributed by atoms with Gasteiger partial charge in [-0.3, -0.25) is 9.48 Å². The Kier molecular flexibility index (Phi) is 3.70. The molecule has 0 N–H and O–H groups in total. The summed E-state index contributed by atoms with van der Waals surface area (Å²) in [7, 11) is 1.31. The maximum Gasteiger partial charge on any atom is 0.356 e. The van der Waals surface area contributed by atoms with Gasteiger partial charge in [0, 0.05) is 5.69 Å². The van der Waals surface area contributed by atoms with E-state index in [-0.39, 0.29) is 5.69 Å². The van der Waals surface area contributed by atoms with Gasteiger partial charge in [0.1, 0.15) is 11.4 Å². The first kappa shape index (κ1) is 12.9. The number of hydrogen-bond acceptors (Lipinski definition) is 5. The maximum atomic E-state index is 11.4. The van der Waals surface area contributed by atoms with Crippen molar-refractivity contribution in [2.24, 2.45) is 0 Å². The van der Waals surface area contributed by atoms with Gasteiger partial charge in [0.25, 0.3) is 0 Å². The molecule has 0 saturated carbocycles. The Labute approximate surface area is 110 Å². The SMILES string of the molecule is COC(=O)c1cccc(Cn2nc(C=O)cc2C)n1. The molecule has 6 heteroatoms. The van der Waals surface area contributed by atoms with E-state index in [4.69, 9.17) is 0 Å². The number of nitrogens with zero attached hydrogens (tertiary/aromatic N) is 3. The van der Waals surface area contributed by atoms with Crippen molar-refractivity contribution in [3.63, 3.8) is 0 Å². The Morgan fingerprint density at radius 1 is 1.47 bits per heavy atom. The summed E-state index contributed by atoms with van der Waals surface area (Å²) < 4.78 is 6.28. The number of aryl methyl sites for hydroxylation is 1. The van der Waals surface area contributed by atoms with E-state index in [0.29, 0.717) is 24.2 Å². The second-order valence-corrected chi connectivity index (χ2v) is 3.99. The van der Waals surface area contributed by atoms with Gasteiger partial charge in [0.2, 0.25) is 0 Å². The van der Waals surface area contributed by atoms with Gasteiger partial charge in [-0.2, -0.15) is 5.10 Å². The summed E-state index contributed by atoms with van der Waals surface area (Å²) in [4.78, 5) is 26.2. The van der Waals surface area contributed by atoms with Crippen LogP contribution in [0.15, 0.2) is 24.3 Å². The molecule has 0 unspecified atom stereocenters. The van der Waals surface area contributed by atoms with Crippen molar-refractivity contribution >= 4 is 12.3 Å². The minimum absolute atomic E-state index is 0.250. The molecule has 6 nitrogen and oxygen atoms in total. The first-order valence-corrected chi connectivity index (χ1v) is 5.68. The van der Waals surface area contributed by atoms with Gasteiger partial charge in [-0.25, -0.2) is 9.78 Å². The fraction of sp³-hybridized carbons (Fsp3) is 0.231. The molecule has 0 spiro atoms.